The third-order valence-corrected chi connectivity index (χ3v) is 9.31. The van der Waals surface area contributed by atoms with E-state index in [4.69, 9.17) is 0 Å². The molecule has 1 aliphatic carbocycles. The van der Waals surface area contributed by atoms with Crippen LogP contribution in [0.5, 0.6) is 0 Å². The highest BCUT2D eigenvalue weighted by atomic mass is 15.2. The summed E-state index contributed by atoms with van der Waals surface area (Å²) in [5, 5.41) is 12.7. The first-order valence-corrected chi connectivity index (χ1v) is 17.6. The number of rotatable bonds is 9. The second kappa shape index (κ2) is 16.1. The molecule has 0 saturated carbocycles. The molecule has 250 valence electrons. The molecule has 1 N–H and O–H groups in total. The van der Waals surface area contributed by atoms with Crippen LogP contribution in [0.3, 0.4) is 0 Å². The molecule has 0 aromatic heterocycles. The molecule has 0 saturated heterocycles. The third kappa shape index (κ3) is 7.76. The fraction of sp³-hybridized carbons (Fsp3) is 0.174. The highest BCUT2D eigenvalue weighted by Gasteiger charge is 2.28. The standard InChI is InChI=1S/C32H31N3.C14H15N/c1-4-24-11-9-10-14-30(24)35(27-12-7-6-8-13-27)28-21-19-26(20-22-28)32-29(5-2)31(33-34-32)25-17-15-23(3)16-18-25;1-11-7-3-5-9-13(11)15-14-10-6-4-8-12(14)2/h6-22,29H,4-5H2,1-3H3;3-10,13,15H,1H2,2H3. The molecule has 2 aliphatic rings. The van der Waals surface area contributed by atoms with Crippen LogP contribution in [0.25, 0.3) is 0 Å². The van der Waals surface area contributed by atoms with E-state index >= 15 is 0 Å². The van der Waals surface area contributed by atoms with Gasteiger partial charge in [0.2, 0.25) is 0 Å². The first-order valence-electron chi connectivity index (χ1n) is 17.6. The number of nitrogens with one attached hydrogen (secondary N) is 1. The molecule has 50 heavy (non-hydrogen) atoms. The van der Waals surface area contributed by atoms with Gasteiger partial charge in [-0.2, -0.15) is 10.2 Å². The summed E-state index contributed by atoms with van der Waals surface area (Å²) in [6.07, 6.45) is 10.2. The second-order valence-corrected chi connectivity index (χ2v) is 12.8. The lowest BCUT2D eigenvalue weighted by Crippen LogP contribution is -2.21. The van der Waals surface area contributed by atoms with Crippen molar-refractivity contribution in [3.63, 3.8) is 0 Å². The van der Waals surface area contributed by atoms with Crippen molar-refractivity contribution in [3.8, 4) is 0 Å². The van der Waals surface area contributed by atoms with E-state index in [0.29, 0.717) is 0 Å². The lowest BCUT2D eigenvalue weighted by atomic mass is 9.87. The molecule has 4 nitrogen and oxygen atoms in total. The van der Waals surface area contributed by atoms with E-state index in [0.717, 1.165) is 52.3 Å². The van der Waals surface area contributed by atoms with Gasteiger partial charge in [-0.15, -0.1) is 0 Å². The molecule has 1 aliphatic heterocycles. The van der Waals surface area contributed by atoms with Gasteiger partial charge in [-0.3, -0.25) is 0 Å². The van der Waals surface area contributed by atoms with Crippen LogP contribution in [0, 0.1) is 19.8 Å². The Balaban J connectivity index is 0.000000240. The van der Waals surface area contributed by atoms with Crippen molar-refractivity contribution in [2.45, 2.75) is 46.6 Å². The van der Waals surface area contributed by atoms with Crippen LogP contribution in [-0.4, -0.2) is 17.5 Å². The van der Waals surface area contributed by atoms with E-state index < -0.39 is 0 Å². The zero-order valence-corrected chi connectivity index (χ0v) is 29.6. The molecule has 1 heterocycles. The molecule has 5 aromatic carbocycles. The summed E-state index contributed by atoms with van der Waals surface area (Å²) >= 11 is 0. The molecule has 0 bridgehead atoms. The minimum absolute atomic E-state index is 0.203. The smallest absolute Gasteiger partial charge is 0.0794 e. The maximum Gasteiger partial charge on any atom is 0.0794 e. The topological polar surface area (TPSA) is 40.0 Å². The van der Waals surface area contributed by atoms with Gasteiger partial charge in [-0.1, -0.05) is 141 Å². The first-order chi connectivity index (χ1) is 24.5. The monoisotopic (exact) mass is 654 g/mol. The number of aryl methyl sites for hydroxylation is 3. The quantitative estimate of drug-likeness (QED) is 0.172. The molecule has 0 amide bonds. The zero-order chi connectivity index (χ0) is 34.9. The van der Waals surface area contributed by atoms with Crippen LogP contribution in [-0.2, 0) is 6.42 Å². The number of benzene rings is 5. The third-order valence-electron chi connectivity index (χ3n) is 9.31. The van der Waals surface area contributed by atoms with E-state index in [1.807, 2.05) is 30.4 Å². The molecule has 4 heteroatoms. The van der Waals surface area contributed by atoms with E-state index in [1.165, 1.54) is 28.1 Å². The fourth-order valence-corrected chi connectivity index (χ4v) is 6.44. The number of anilines is 4. The largest absolute Gasteiger partial charge is 0.375 e. The lowest BCUT2D eigenvalue weighted by Gasteiger charge is -2.27. The molecular weight excluding hydrogens is 609 g/mol. The van der Waals surface area contributed by atoms with Crippen LogP contribution in [0.1, 0.15) is 48.1 Å². The Kier molecular flexibility index (Phi) is 11.0. The molecule has 2 atom stereocenters. The summed E-state index contributed by atoms with van der Waals surface area (Å²) in [4.78, 5) is 2.34. The summed E-state index contributed by atoms with van der Waals surface area (Å²) < 4.78 is 0. The molecule has 2 unspecified atom stereocenters. The van der Waals surface area contributed by atoms with Gasteiger partial charge >= 0.3 is 0 Å². The summed E-state index contributed by atoms with van der Waals surface area (Å²) in [5.41, 5.74) is 14.0. The Morgan fingerprint density at radius 1 is 0.660 bits per heavy atom. The van der Waals surface area contributed by atoms with Crippen molar-refractivity contribution in [1.82, 2.24) is 0 Å². The normalized spacial score (nSPS) is 16.3. The fourth-order valence-electron chi connectivity index (χ4n) is 6.44. The minimum Gasteiger partial charge on any atom is -0.375 e. The van der Waals surface area contributed by atoms with E-state index in [9.17, 15) is 0 Å². The maximum absolute atomic E-state index is 4.65. The van der Waals surface area contributed by atoms with Gasteiger partial charge in [0.15, 0.2) is 0 Å². The Bertz CT molecular complexity index is 2030. The van der Waals surface area contributed by atoms with Gasteiger partial charge in [-0.05, 0) is 90.9 Å². The molecule has 0 spiro atoms. The molecule has 0 radical (unpaired) electrons. The van der Waals surface area contributed by atoms with Crippen molar-refractivity contribution in [2.75, 3.05) is 10.2 Å². The van der Waals surface area contributed by atoms with Gasteiger partial charge in [0, 0.05) is 28.7 Å². The van der Waals surface area contributed by atoms with Crippen LogP contribution in [0.4, 0.5) is 22.7 Å². The minimum atomic E-state index is 0.203. The number of hydrogen-bond acceptors (Lipinski definition) is 4. The van der Waals surface area contributed by atoms with Crippen molar-refractivity contribution < 1.29 is 0 Å². The highest BCUT2D eigenvalue weighted by molar-refractivity contribution is 6.22. The highest BCUT2D eigenvalue weighted by Crippen LogP contribution is 2.37. The van der Waals surface area contributed by atoms with Crippen molar-refractivity contribution in [1.29, 1.82) is 0 Å². The van der Waals surface area contributed by atoms with Crippen molar-refractivity contribution in [3.05, 3.63) is 192 Å². The van der Waals surface area contributed by atoms with Gasteiger partial charge < -0.3 is 10.2 Å². The average Bonchev–Trinajstić information content (AvgIpc) is 3.59. The molecule has 5 aromatic rings. The Morgan fingerprint density at radius 3 is 1.90 bits per heavy atom. The van der Waals surface area contributed by atoms with E-state index in [1.54, 1.807) is 0 Å². The molecule has 7 rings (SSSR count). The van der Waals surface area contributed by atoms with Crippen LogP contribution < -0.4 is 10.2 Å². The predicted octanol–water partition coefficient (Wildman–Crippen LogP) is 11.7. The molecule has 0 fully saturated rings. The summed E-state index contributed by atoms with van der Waals surface area (Å²) in [5.74, 6) is 0.203. The van der Waals surface area contributed by atoms with Crippen LogP contribution in [0.2, 0.25) is 0 Å². The van der Waals surface area contributed by atoms with E-state index in [-0.39, 0.29) is 12.0 Å². The van der Waals surface area contributed by atoms with Gasteiger partial charge in [0.25, 0.3) is 0 Å². The number of allylic oxidation sites excluding steroid dienone is 2. The van der Waals surface area contributed by atoms with E-state index in [2.05, 4.69) is 176 Å². The van der Waals surface area contributed by atoms with Crippen molar-refractivity contribution >= 4 is 34.2 Å². The predicted molar refractivity (Wildman–Crippen MR) is 215 cm³/mol. The lowest BCUT2D eigenvalue weighted by molar-refractivity contribution is 0.872. The van der Waals surface area contributed by atoms with Crippen LogP contribution >= 0.6 is 0 Å². The maximum atomic E-state index is 4.65. The Morgan fingerprint density at radius 2 is 1.26 bits per heavy atom. The zero-order valence-electron chi connectivity index (χ0n) is 29.6. The number of nitrogens with zero attached hydrogens (tertiary/aromatic N) is 3. The van der Waals surface area contributed by atoms with Crippen LogP contribution in [0.15, 0.2) is 174 Å². The summed E-state index contributed by atoms with van der Waals surface area (Å²) in [7, 11) is 0. The molecular formula is C46H46N4. The Labute approximate surface area is 297 Å². The average molecular weight is 655 g/mol. The SMILES string of the molecule is C=C1C=CC=CC1Nc1ccccc1C.CCc1ccccc1N(c1ccccc1)c1ccc(C2=NN=C(c3ccc(C)cc3)C2CC)cc1. The van der Waals surface area contributed by atoms with Gasteiger partial charge in [-0.25, -0.2) is 0 Å². The van der Waals surface area contributed by atoms with Gasteiger partial charge in [0.05, 0.1) is 17.5 Å². The first kappa shape index (κ1) is 34.1. The number of hydrogen-bond donors (Lipinski definition) is 1. The second-order valence-electron chi connectivity index (χ2n) is 12.8. The summed E-state index contributed by atoms with van der Waals surface area (Å²) in [6, 6.07) is 45.1. The number of para-hydroxylation sites is 3. The Hall–Kier alpha value is -5.74. The van der Waals surface area contributed by atoms with Crippen molar-refractivity contribution in [2.24, 2.45) is 16.1 Å². The van der Waals surface area contributed by atoms with Gasteiger partial charge in [0.1, 0.15) is 0 Å². The summed E-state index contributed by atoms with van der Waals surface area (Å²) in [6.45, 7) is 12.7.